The first-order chi connectivity index (χ1) is 4.33. The molecule has 1 saturated carbocycles. The zero-order chi connectivity index (χ0) is 6.69. The number of nitriles is 1. The average Bonchev–Trinajstić information content (AvgIpc) is 1.88. The average molecular weight is 161 g/mol. The first-order valence-electron chi connectivity index (χ1n) is 3.48. The fourth-order valence-electron chi connectivity index (χ4n) is 1.34. The predicted octanol–water partition coefficient (Wildman–Crippen LogP) is 1.45. The van der Waals surface area contributed by atoms with Gasteiger partial charge in [-0.1, -0.05) is 6.42 Å². The molecule has 0 radical (unpaired) electrons. The van der Waals surface area contributed by atoms with E-state index in [0.717, 1.165) is 25.7 Å². The van der Waals surface area contributed by atoms with E-state index >= 15 is 0 Å². The van der Waals surface area contributed by atoms with Gasteiger partial charge < -0.3 is 5.73 Å². The first kappa shape index (κ1) is 9.74. The number of nitrogens with zero attached hydrogens (tertiary/aromatic N) is 1. The van der Waals surface area contributed by atoms with E-state index in [1.54, 1.807) is 0 Å². The Balaban J connectivity index is 0.000000810. The van der Waals surface area contributed by atoms with Gasteiger partial charge >= 0.3 is 0 Å². The van der Waals surface area contributed by atoms with E-state index in [4.69, 9.17) is 11.0 Å². The van der Waals surface area contributed by atoms with Gasteiger partial charge in [0.2, 0.25) is 0 Å². The van der Waals surface area contributed by atoms with Gasteiger partial charge in [0, 0.05) is 12.0 Å². The molecule has 0 aliphatic heterocycles. The van der Waals surface area contributed by atoms with E-state index in [9.17, 15) is 0 Å². The quantitative estimate of drug-likeness (QED) is 0.583. The Labute approximate surface area is 67.8 Å². The maximum absolute atomic E-state index is 8.50. The summed E-state index contributed by atoms with van der Waals surface area (Å²) in [5.41, 5.74) is 5.65. The lowest BCUT2D eigenvalue weighted by molar-refractivity contribution is 0.379. The fourth-order valence-corrected chi connectivity index (χ4v) is 1.34. The third-order valence-corrected chi connectivity index (χ3v) is 1.90. The number of rotatable bonds is 0. The van der Waals surface area contributed by atoms with Crippen molar-refractivity contribution in [3.05, 3.63) is 0 Å². The molecule has 1 fully saturated rings. The zero-order valence-electron chi connectivity index (χ0n) is 5.92. The van der Waals surface area contributed by atoms with Gasteiger partial charge in [0.05, 0.1) is 6.07 Å². The van der Waals surface area contributed by atoms with Crippen molar-refractivity contribution in [2.75, 3.05) is 0 Å². The van der Waals surface area contributed by atoms with E-state index in [-0.39, 0.29) is 18.3 Å². The van der Waals surface area contributed by atoms with Crippen LogP contribution in [0.2, 0.25) is 0 Å². The van der Waals surface area contributed by atoms with Crippen LogP contribution in [0.4, 0.5) is 0 Å². The summed E-state index contributed by atoms with van der Waals surface area (Å²) in [6, 6.07) is 2.55. The molecule has 1 rings (SSSR count). The third kappa shape index (κ3) is 2.55. The topological polar surface area (TPSA) is 49.8 Å². The predicted molar refractivity (Wildman–Crippen MR) is 42.8 cm³/mol. The summed E-state index contributed by atoms with van der Waals surface area (Å²) in [7, 11) is 0. The highest BCUT2D eigenvalue weighted by Crippen LogP contribution is 2.21. The highest BCUT2D eigenvalue weighted by atomic mass is 35.5. The van der Waals surface area contributed by atoms with E-state index < -0.39 is 0 Å². The molecular weight excluding hydrogens is 148 g/mol. The summed E-state index contributed by atoms with van der Waals surface area (Å²) in [6.07, 6.45) is 4.22. The van der Waals surface area contributed by atoms with Gasteiger partial charge in [-0.3, -0.25) is 0 Å². The number of halogens is 1. The molecule has 2 N–H and O–H groups in total. The minimum Gasteiger partial charge on any atom is -0.328 e. The SMILES string of the molecule is Cl.N#C[C@H]1CCC[C@@H](N)C1. The Morgan fingerprint density at radius 1 is 1.40 bits per heavy atom. The van der Waals surface area contributed by atoms with Crippen LogP contribution in [0.3, 0.4) is 0 Å². The Hall–Kier alpha value is -0.260. The minimum absolute atomic E-state index is 0. The van der Waals surface area contributed by atoms with E-state index in [1.807, 2.05) is 0 Å². The van der Waals surface area contributed by atoms with E-state index in [2.05, 4.69) is 6.07 Å². The van der Waals surface area contributed by atoms with Crippen molar-refractivity contribution < 1.29 is 0 Å². The lowest BCUT2D eigenvalue weighted by Crippen LogP contribution is -2.26. The summed E-state index contributed by atoms with van der Waals surface area (Å²) < 4.78 is 0. The molecule has 0 amide bonds. The standard InChI is InChI=1S/C7H12N2.ClH/c8-5-6-2-1-3-7(9)4-6;/h6-7H,1-4,9H2;1H/t6-,7+;/m0./s1. The monoisotopic (exact) mass is 160 g/mol. The van der Waals surface area contributed by atoms with Crippen LogP contribution in [0.1, 0.15) is 25.7 Å². The molecule has 2 atom stereocenters. The van der Waals surface area contributed by atoms with Crippen LogP contribution in [0.15, 0.2) is 0 Å². The molecule has 58 valence electrons. The van der Waals surface area contributed by atoms with Crippen molar-refractivity contribution in [2.45, 2.75) is 31.7 Å². The third-order valence-electron chi connectivity index (χ3n) is 1.90. The smallest absolute Gasteiger partial charge is 0.0656 e. The van der Waals surface area contributed by atoms with Crippen LogP contribution >= 0.6 is 12.4 Å². The van der Waals surface area contributed by atoms with Gasteiger partial charge in [0.25, 0.3) is 0 Å². The van der Waals surface area contributed by atoms with Crippen molar-refractivity contribution in [2.24, 2.45) is 11.7 Å². The summed E-state index contributed by atoms with van der Waals surface area (Å²) in [5, 5.41) is 8.50. The van der Waals surface area contributed by atoms with Crippen molar-refractivity contribution in [3.8, 4) is 6.07 Å². The summed E-state index contributed by atoms with van der Waals surface area (Å²) in [5.74, 6) is 0.244. The van der Waals surface area contributed by atoms with Gasteiger partial charge in [-0.25, -0.2) is 0 Å². The van der Waals surface area contributed by atoms with Crippen LogP contribution in [0.25, 0.3) is 0 Å². The fraction of sp³-hybridized carbons (Fsp3) is 0.857. The van der Waals surface area contributed by atoms with Crippen LogP contribution in [-0.2, 0) is 0 Å². The number of hydrogen-bond acceptors (Lipinski definition) is 2. The lowest BCUT2D eigenvalue weighted by atomic mass is 9.87. The van der Waals surface area contributed by atoms with Gasteiger partial charge in [-0.15, -0.1) is 12.4 Å². The second-order valence-corrected chi connectivity index (χ2v) is 2.75. The molecule has 0 spiro atoms. The Bertz CT molecular complexity index is 130. The highest BCUT2D eigenvalue weighted by molar-refractivity contribution is 5.85. The summed E-state index contributed by atoms with van der Waals surface area (Å²) >= 11 is 0. The molecule has 0 saturated heterocycles. The van der Waals surface area contributed by atoms with Crippen molar-refractivity contribution in [1.29, 1.82) is 5.26 Å². The zero-order valence-corrected chi connectivity index (χ0v) is 6.73. The largest absolute Gasteiger partial charge is 0.328 e. The highest BCUT2D eigenvalue weighted by Gasteiger charge is 2.17. The Morgan fingerprint density at radius 2 is 2.10 bits per heavy atom. The summed E-state index contributed by atoms with van der Waals surface area (Å²) in [6.45, 7) is 0. The first-order valence-corrected chi connectivity index (χ1v) is 3.48. The maximum Gasteiger partial charge on any atom is 0.0656 e. The molecule has 0 aromatic heterocycles. The van der Waals surface area contributed by atoms with Crippen LogP contribution < -0.4 is 5.73 Å². The molecule has 1 aliphatic carbocycles. The van der Waals surface area contributed by atoms with Gasteiger partial charge in [0.1, 0.15) is 0 Å². The molecule has 0 aromatic carbocycles. The second-order valence-electron chi connectivity index (χ2n) is 2.75. The van der Waals surface area contributed by atoms with Crippen molar-refractivity contribution in [3.63, 3.8) is 0 Å². The lowest BCUT2D eigenvalue weighted by Gasteiger charge is -2.20. The summed E-state index contributed by atoms with van der Waals surface area (Å²) in [4.78, 5) is 0. The van der Waals surface area contributed by atoms with Gasteiger partial charge in [-0.2, -0.15) is 5.26 Å². The Morgan fingerprint density at radius 3 is 2.50 bits per heavy atom. The number of hydrogen-bond donors (Lipinski definition) is 1. The minimum atomic E-state index is 0. The molecule has 2 nitrogen and oxygen atoms in total. The van der Waals surface area contributed by atoms with Crippen LogP contribution in [0.5, 0.6) is 0 Å². The second kappa shape index (κ2) is 4.54. The number of nitrogens with two attached hydrogens (primary N) is 1. The normalized spacial score (nSPS) is 32.0. The van der Waals surface area contributed by atoms with E-state index in [0.29, 0.717) is 6.04 Å². The molecular formula is C7H13ClN2. The molecule has 3 heteroatoms. The van der Waals surface area contributed by atoms with Gasteiger partial charge in [-0.05, 0) is 19.3 Å². The maximum atomic E-state index is 8.50. The van der Waals surface area contributed by atoms with Gasteiger partial charge in [0.15, 0.2) is 0 Å². The van der Waals surface area contributed by atoms with Crippen molar-refractivity contribution >= 4 is 12.4 Å². The Kier molecular flexibility index (Phi) is 4.42. The van der Waals surface area contributed by atoms with Crippen LogP contribution in [0, 0.1) is 17.2 Å². The molecule has 0 bridgehead atoms. The molecule has 0 heterocycles. The molecule has 10 heavy (non-hydrogen) atoms. The molecule has 1 aliphatic rings. The molecule has 0 aromatic rings. The van der Waals surface area contributed by atoms with Crippen LogP contribution in [-0.4, -0.2) is 6.04 Å². The van der Waals surface area contributed by atoms with Crippen molar-refractivity contribution in [1.82, 2.24) is 0 Å². The van der Waals surface area contributed by atoms with E-state index in [1.165, 1.54) is 0 Å². The molecule has 0 unspecified atom stereocenters.